The molecule has 0 aromatic heterocycles. The Morgan fingerprint density at radius 1 is 0.846 bits per heavy atom. The zero-order chi connectivity index (χ0) is 10.6. The molecule has 4 nitrogen and oxygen atoms in total. The van der Waals surface area contributed by atoms with Gasteiger partial charge in [0.2, 0.25) is 0 Å². The molecule has 0 amide bonds. The molecule has 0 atom stereocenters. The number of rotatable bonds is 5. The third-order valence-electron chi connectivity index (χ3n) is 1.74. The van der Waals surface area contributed by atoms with E-state index in [-0.39, 0.29) is 0 Å². The molecular weight excluding hydrogens is 185 g/mol. The topological polar surface area (TPSA) is 26.8 Å². The molecule has 0 heterocycles. The van der Waals surface area contributed by atoms with Gasteiger partial charge in [-0.2, -0.15) is 0 Å². The summed E-state index contributed by atoms with van der Waals surface area (Å²) in [4.78, 5) is 3.95. The average molecular weight is 207 g/mol. The summed E-state index contributed by atoms with van der Waals surface area (Å²) in [5.74, 6) is 0. The van der Waals surface area contributed by atoms with Crippen molar-refractivity contribution in [2.75, 3.05) is 54.9 Å². The summed E-state index contributed by atoms with van der Waals surface area (Å²) in [5.41, 5.74) is 0. The van der Waals surface area contributed by atoms with Crippen molar-refractivity contribution in [1.82, 2.24) is 14.5 Å². The molecule has 0 aliphatic carbocycles. The quantitative estimate of drug-likeness (QED) is 0.625. The first-order valence-electron chi connectivity index (χ1n) is 4.33. The lowest BCUT2D eigenvalue weighted by atomic mass is 11.0. The van der Waals surface area contributed by atoms with E-state index >= 15 is 0 Å². The van der Waals surface area contributed by atoms with Gasteiger partial charge in [0, 0.05) is 0 Å². The molecule has 0 rings (SSSR count). The Morgan fingerprint density at radius 2 is 1.15 bits per heavy atom. The Morgan fingerprint density at radius 3 is 1.31 bits per heavy atom. The second-order valence-corrected chi connectivity index (χ2v) is 7.19. The molecule has 0 unspecified atom stereocenters. The van der Waals surface area contributed by atoms with E-state index in [0.29, 0.717) is 12.6 Å². The summed E-state index contributed by atoms with van der Waals surface area (Å²) in [6.45, 7) is 0. The molecule has 0 aliphatic rings. The van der Waals surface area contributed by atoms with Crippen molar-refractivity contribution in [2.24, 2.45) is 0 Å². The van der Waals surface area contributed by atoms with Crippen molar-refractivity contribution in [3.8, 4) is 0 Å². The summed E-state index contributed by atoms with van der Waals surface area (Å²) in [6.07, 6.45) is 1.27. The van der Waals surface area contributed by atoms with Gasteiger partial charge in [0.1, 0.15) is 0 Å². The smallest absolute Gasteiger partial charge is 0.176 e. The fraction of sp³-hybridized carbons (Fsp3) is 1.00. The predicted octanol–water partition coefficient (Wildman–Crippen LogP) is 0.864. The third-order valence-corrected chi connectivity index (χ3v) is 5.21. The molecule has 0 N–H and O–H groups in total. The summed E-state index contributed by atoms with van der Waals surface area (Å²) in [5, 5.41) is 0. The van der Waals surface area contributed by atoms with Crippen LogP contribution in [-0.4, -0.2) is 69.3 Å². The molecule has 0 radical (unpaired) electrons. The van der Waals surface area contributed by atoms with Crippen LogP contribution in [0.2, 0.25) is 0 Å². The Balaban J connectivity index is 4.45. The van der Waals surface area contributed by atoms with Gasteiger partial charge in [-0.25, -0.2) is 0 Å². The molecular formula is C8H22N3OP. The second-order valence-electron chi connectivity index (χ2n) is 4.14. The Bertz CT molecular complexity index is 178. The van der Waals surface area contributed by atoms with Crippen LogP contribution < -0.4 is 0 Å². The highest BCUT2D eigenvalue weighted by Crippen LogP contribution is 2.47. The molecule has 0 bridgehead atoms. The van der Waals surface area contributed by atoms with Crippen molar-refractivity contribution in [1.29, 1.82) is 0 Å². The van der Waals surface area contributed by atoms with Crippen LogP contribution in [0.15, 0.2) is 0 Å². The lowest BCUT2D eigenvalue weighted by Crippen LogP contribution is -2.27. The fourth-order valence-corrected chi connectivity index (χ4v) is 3.54. The van der Waals surface area contributed by atoms with Gasteiger partial charge in [0.25, 0.3) is 0 Å². The molecule has 0 spiro atoms. The van der Waals surface area contributed by atoms with Crippen molar-refractivity contribution < 1.29 is 4.57 Å². The number of hydrogen-bond acceptors (Lipinski definition) is 3. The van der Waals surface area contributed by atoms with Crippen LogP contribution in [0, 0.1) is 0 Å². The minimum Gasteiger partial charge on any atom is -0.304 e. The van der Waals surface area contributed by atoms with Crippen LogP contribution in [-0.2, 0) is 4.57 Å². The molecule has 0 saturated heterocycles. The third kappa shape index (κ3) is 4.77. The highest BCUT2D eigenvalue weighted by molar-refractivity contribution is 7.61. The summed E-state index contributed by atoms with van der Waals surface area (Å²) < 4.78 is 14.2. The van der Waals surface area contributed by atoms with Gasteiger partial charge in [-0.3, -0.25) is 4.67 Å². The Kier molecular flexibility index (Phi) is 5.15. The molecule has 80 valence electrons. The predicted molar refractivity (Wildman–Crippen MR) is 58.4 cm³/mol. The summed E-state index contributed by atoms with van der Waals surface area (Å²) >= 11 is 0. The van der Waals surface area contributed by atoms with E-state index in [4.69, 9.17) is 0 Å². The minimum atomic E-state index is -2.22. The van der Waals surface area contributed by atoms with E-state index in [0.717, 1.165) is 0 Å². The van der Waals surface area contributed by atoms with Crippen molar-refractivity contribution in [2.45, 2.75) is 0 Å². The second kappa shape index (κ2) is 5.11. The van der Waals surface area contributed by atoms with E-state index < -0.39 is 7.29 Å². The van der Waals surface area contributed by atoms with Gasteiger partial charge < -0.3 is 14.4 Å². The van der Waals surface area contributed by atoms with Gasteiger partial charge in [-0.15, -0.1) is 0 Å². The lowest BCUT2D eigenvalue weighted by molar-refractivity contribution is 0.402. The van der Waals surface area contributed by atoms with Crippen LogP contribution in [0.5, 0.6) is 0 Å². The maximum Gasteiger partial charge on any atom is 0.176 e. The molecule has 13 heavy (non-hydrogen) atoms. The number of nitrogens with zero attached hydrogens (tertiary/aromatic N) is 3. The van der Waals surface area contributed by atoms with E-state index in [2.05, 4.69) is 0 Å². The van der Waals surface area contributed by atoms with Crippen molar-refractivity contribution >= 4 is 7.29 Å². The SMILES string of the molecule is CN(C)CP(=O)(CN(C)C)N(C)C. The summed E-state index contributed by atoms with van der Waals surface area (Å²) in [7, 11) is 9.35. The highest BCUT2D eigenvalue weighted by Gasteiger charge is 2.26. The lowest BCUT2D eigenvalue weighted by Gasteiger charge is -2.29. The van der Waals surface area contributed by atoms with E-state index in [1.54, 1.807) is 0 Å². The fourth-order valence-electron chi connectivity index (χ4n) is 1.18. The van der Waals surface area contributed by atoms with Gasteiger partial charge in [-0.05, 0) is 42.3 Å². The van der Waals surface area contributed by atoms with Crippen molar-refractivity contribution in [3.05, 3.63) is 0 Å². The van der Waals surface area contributed by atoms with Crippen LogP contribution in [0.4, 0.5) is 0 Å². The van der Waals surface area contributed by atoms with Gasteiger partial charge in [-0.1, -0.05) is 0 Å². The van der Waals surface area contributed by atoms with Gasteiger partial charge in [0.05, 0.1) is 12.6 Å². The zero-order valence-corrected chi connectivity index (χ0v) is 10.5. The molecule has 5 heteroatoms. The van der Waals surface area contributed by atoms with E-state index in [1.807, 2.05) is 56.8 Å². The van der Waals surface area contributed by atoms with Crippen LogP contribution in [0.3, 0.4) is 0 Å². The molecule has 0 saturated carbocycles. The minimum absolute atomic E-state index is 0.637. The van der Waals surface area contributed by atoms with Gasteiger partial charge in [0.15, 0.2) is 7.29 Å². The molecule has 0 aromatic carbocycles. The molecule has 0 aliphatic heterocycles. The highest BCUT2D eigenvalue weighted by atomic mass is 31.2. The first kappa shape index (κ1) is 13.1. The van der Waals surface area contributed by atoms with Crippen LogP contribution in [0.25, 0.3) is 0 Å². The molecule has 0 aromatic rings. The Labute approximate surface area is 81.9 Å². The average Bonchev–Trinajstić information content (AvgIpc) is 1.82. The zero-order valence-electron chi connectivity index (χ0n) is 9.61. The molecule has 0 fully saturated rings. The van der Waals surface area contributed by atoms with Gasteiger partial charge >= 0.3 is 0 Å². The summed E-state index contributed by atoms with van der Waals surface area (Å²) in [6, 6.07) is 0. The first-order chi connectivity index (χ1) is 5.78. The van der Waals surface area contributed by atoms with Crippen molar-refractivity contribution in [3.63, 3.8) is 0 Å². The van der Waals surface area contributed by atoms with E-state index in [1.165, 1.54) is 0 Å². The van der Waals surface area contributed by atoms with Crippen LogP contribution in [0.1, 0.15) is 0 Å². The standard InChI is InChI=1S/C8H22N3OP/c1-9(2)7-13(12,11(5)6)8-10(3)4/h7-8H2,1-6H3. The monoisotopic (exact) mass is 207 g/mol. The maximum atomic E-state index is 12.4. The largest absolute Gasteiger partial charge is 0.304 e. The van der Waals surface area contributed by atoms with E-state index in [9.17, 15) is 4.57 Å². The normalized spacial score (nSPS) is 13.3. The maximum absolute atomic E-state index is 12.4. The number of hydrogen-bond donors (Lipinski definition) is 0. The van der Waals surface area contributed by atoms with Crippen LogP contribution >= 0.6 is 7.29 Å². The Hall–Kier alpha value is 0.110. The first-order valence-corrected chi connectivity index (χ1v) is 6.36.